The molecule has 0 saturated carbocycles. The maximum Gasteiger partial charge on any atom is 0.191 e. The smallest absolute Gasteiger partial charge is 0.191 e. The van der Waals surface area contributed by atoms with Gasteiger partial charge in [0.25, 0.3) is 0 Å². The van der Waals surface area contributed by atoms with Crippen LogP contribution in [0.2, 0.25) is 0 Å². The van der Waals surface area contributed by atoms with Gasteiger partial charge in [-0.05, 0) is 26.0 Å². The number of hydrogen-bond acceptors (Lipinski definition) is 3. The molecule has 0 aliphatic heterocycles. The molecule has 0 amide bonds. The summed E-state index contributed by atoms with van der Waals surface area (Å²) in [6.07, 6.45) is 4.11. The third kappa shape index (κ3) is 6.35. The Bertz CT molecular complexity index is 650. The molecule has 0 unspecified atom stereocenters. The van der Waals surface area contributed by atoms with Crippen molar-refractivity contribution in [2.75, 3.05) is 27.3 Å². The zero-order chi connectivity index (χ0) is 17.4. The van der Waals surface area contributed by atoms with E-state index in [1.165, 1.54) is 11.3 Å². The normalized spacial score (nSPS) is 11.3. The van der Waals surface area contributed by atoms with Gasteiger partial charge in [-0.25, -0.2) is 0 Å². The summed E-state index contributed by atoms with van der Waals surface area (Å²) in [4.78, 5) is 4.28. The van der Waals surface area contributed by atoms with Crippen molar-refractivity contribution < 1.29 is 4.74 Å². The predicted molar refractivity (Wildman–Crippen MR) is 112 cm³/mol. The average Bonchev–Trinajstić information content (AvgIpc) is 3.18. The van der Waals surface area contributed by atoms with Crippen LogP contribution in [0, 0.1) is 13.8 Å². The van der Waals surface area contributed by atoms with Gasteiger partial charge < -0.3 is 19.9 Å². The monoisotopic (exact) mass is 460 g/mol. The molecule has 140 valence electrons. The molecule has 0 bridgehead atoms. The average molecular weight is 460 g/mol. The van der Waals surface area contributed by atoms with Crippen LogP contribution in [-0.2, 0) is 24.4 Å². The summed E-state index contributed by atoms with van der Waals surface area (Å²) in [5, 5.41) is 11.3. The first-order chi connectivity index (χ1) is 11.7. The van der Waals surface area contributed by atoms with E-state index in [9.17, 15) is 0 Å². The molecule has 0 saturated heterocycles. The van der Waals surface area contributed by atoms with Crippen molar-refractivity contribution in [1.82, 2.24) is 25.0 Å². The molecule has 0 spiro atoms. The molecule has 7 nitrogen and oxygen atoms in total. The number of nitrogens with zero attached hydrogens (tertiary/aromatic N) is 4. The first-order valence-corrected chi connectivity index (χ1v) is 8.22. The summed E-state index contributed by atoms with van der Waals surface area (Å²) in [6.45, 7) is 7.99. The zero-order valence-corrected chi connectivity index (χ0v) is 17.8. The molecule has 25 heavy (non-hydrogen) atoms. The van der Waals surface area contributed by atoms with Crippen LogP contribution < -0.4 is 10.6 Å². The Kier molecular flexibility index (Phi) is 9.58. The SMILES string of the molecule is CN=C(NCCn1cccc1)NCc1c(C)nn(CCOC)c1C.I. The second kappa shape index (κ2) is 11.1. The number of methoxy groups -OCH3 is 1. The Morgan fingerprint density at radius 3 is 2.56 bits per heavy atom. The molecule has 0 radical (unpaired) electrons. The molecule has 2 aromatic heterocycles. The molecule has 2 aromatic rings. The first-order valence-electron chi connectivity index (χ1n) is 8.22. The van der Waals surface area contributed by atoms with Crippen LogP contribution in [0.3, 0.4) is 0 Å². The Hall–Kier alpha value is -1.55. The third-order valence-corrected chi connectivity index (χ3v) is 4.02. The highest BCUT2D eigenvalue weighted by Crippen LogP contribution is 2.12. The number of rotatable bonds is 8. The Balaban J connectivity index is 0.00000312. The van der Waals surface area contributed by atoms with E-state index >= 15 is 0 Å². The minimum atomic E-state index is 0. The predicted octanol–water partition coefficient (Wildman–Crippen LogP) is 1.93. The molecule has 0 aliphatic rings. The summed E-state index contributed by atoms with van der Waals surface area (Å²) >= 11 is 0. The minimum Gasteiger partial charge on any atom is -0.383 e. The number of ether oxygens (including phenoxy) is 1. The second-order valence-corrected chi connectivity index (χ2v) is 5.64. The molecule has 0 aromatic carbocycles. The number of hydrogen-bond donors (Lipinski definition) is 2. The Labute approximate surface area is 166 Å². The fourth-order valence-corrected chi connectivity index (χ4v) is 2.60. The molecular weight excluding hydrogens is 431 g/mol. The Morgan fingerprint density at radius 2 is 1.92 bits per heavy atom. The standard InChI is InChI=1S/C17H28N6O.HI/c1-14-16(15(2)23(21-14)11-12-24-4)13-20-17(18-3)19-7-10-22-8-5-6-9-22;/h5-6,8-9H,7,10-13H2,1-4H3,(H2,18,19,20);1H. The lowest BCUT2D eigenvalue weighted by atomic mass is 10.2. The molecule has 2 rings (SSSR count). The van der Waals surface area contributed by atoms with Crippen LogP contribution in [0.1, 0.15) is 17.0 Å². The number of halogens is 1. The van der Waals surface area contributed by atoms with Crippen molar-refractivity contribution in [2.24, 2.45) is 4.99 Å². The summed E-state index contributed by atoms with van der Waals surface area (Å²) in [5.41, 5.74) is 3.42. The van der Waals surface area contributed by atoms with Gasteiger partial charge >= 0.3 is 0 Å². The minimum absolute atomic E-state index is 0. The van der Waals surface area contributed by atoms with Gasteiger partial charge in [0.2, 0.25) is 0 Å². The van der Waals surface area contributed by atoms with Crippen molar-refractivity contribution in [1.29, 1.82) is 0 Å². The molecule has 8 heteroatoms. The van der Waals surface area contributed by atoms with E-state index in [1.807, 2.05) is 23.7 Å². The quantitative estimate of drug-likeness (QED) is 0.359. The molecule has 2 heterocycles. The molecular formula is C17H29IN6O. The van der Waals surface area contributed by atoms with Gasteiger partial charge in [0.1, 0.15) is 0 Å². The molecule has 0 atom stereocenters. The van der Waals surface area contributed by atoms with E-state index in [0.717, 1.165) is 31.3 Å². The fraction of sp³-hybridized carbons (Fsp3) is 0.529. The van der Waals surface area contributed by atoms with Crippen molar-refractivity contribution in [3.63, 3.8) is 0 Å². The molecule has 0 fully saturated rings. The van der Waals surface area contributed by atoms with Gasteiger partial charge in [-0.15, -0.1) is 24.0 Å². The largest absolute Gasteiger partial charge is 0.383 e. The van der Waals surface area contributed by atoms with Crippen molar-refractivity contribution in [3.8, 4) is 0 Å². The maximum absolute atomic E-state index is 5.13. The number of aliphatic imine (C=N–C) groups is 1. The third-order valence-electron chi connectivity index (χ3n) is 4.02. The van der Waals surface area contributed by atoms with Crippen molar-refractivity contribution >= 4 is 29.9 Å². The van der Waals surface area contributed by atoms with E-state index in [1.54, 1.807) is 14.2 Å². The van der Waals surface area contributed by atoms with Crippen LogP contribution in [0.5, 0.6) is 0 Å². The van der Waals surface area contributed by atoms with Gasteiger partial charge in [0.05, 0.1) is 18.8 Å². The highest BCUT2D eigenvalue weighted by molar-refractivity contribution is 14.0. The summed E-state index contributed by atoms with van der Waals surface area (Å²) in [5.74, 6) is 0.797. The number of guanidine groups is 1. The zero-order valence-electron chi connectivity index (χ0n) is 15.5. The van der Waals surface area contributed by atoms with Crippen LogP contribution in [0.4, 0.5) is 0 Å². The van der Waals surface area contributed by atoms with E-state index in [2.05, 4.69) is 44.6 Å². The van der Waals surface area contributed by atoms with E-state index in [0.29, 0.717) is 13.2 Å². The molecule has 0 aliphatic carbocycles. The topological polar surface area (TPSA) is 68.4 Å². The second-order valence-electron chi connectivity index (χ2n) is 5.64. The summed E-state index contributed by atoms with van der Waals surface area (Å²) < 4.78 is 9.26. The van der Waals surface area contributed by atoms with Crippen LogP contribution >= 0.6 is 24.0 Å². The highest BCUT2D eigenvalue weighted by atomic mass is 127. The van der Waals surface area contributed by atoms with Gasteiger partial charge in [-0.1, -0.05) is 0 Å². The lowest BCUT2D eigenvalue weighted by Crippen LogP contribution is -2.38. The molecule has 2 N–H and O–H groups in total. The van der Waals surface area contributed by atoms with Gasteiger partial charge in [-0.2, -0.15) is 5.10 Å². The van der Waals surface area contributed by atoms with E-state index < -0.39 is 0 Å². The number of aryl methyl sites for hydroxylation is 1. The van der Waals surface area contributed by atoms with Crippen molar-refractivity contribution in [2.45, 2.75) is 33.5 Å². The van der Waals surface area contributed by atoms with Gasteiger partial charge in [-0.3, -0.25) is 9.67 Å². The highest BCUT2D eigenvalue weighted by Gasteiger charge is 2.11. The maximum atomic E-state index is 5.13. The van der Waals surface area contributed by atoms with Crippen LogP contribution in [0.25, 0.3) is 0 Å². The van der Waals surface area contributed by atoms with Crippen molar-refractivity contribution in [3.05, 3.63) is 41.5 Å². The summed E-state index contributed by atoms with van der Waals surface area (Å²) in [7, 11) is 3.49. The lowest BCUT2D eigenvalue weighted by molar-refractivity contribution is 0.182. The van der Waals surface area contributed by atoms with Gasteiger partial charge in [0.15, 0.2) is 5.96 Å². The summed E-state index contributed by atoms with van der Waals surface area (Å²) in [6, 6.07) is 4.06. The lowest BCUT2D eigenvalue weighted by Gasteiger charge is -2.12. The number of nitrogens with one attached hydrogen (secondary N) is 2. The van der Waals surface area contributed by atoms with Crippen LogP contribution in [-0.4, -0.2) is 47.6 Å². The van der Waals surface area contributed by atoms with Crippen LogP contribution in [0.15, 0.2) is 29.5 Å². The number of aromatic nitrogens is 3. The van der Waals surface area contributed by atoms with E-state index in [4.69, 9.17) is 4.74 Å². The fourth-order valence-electron chi connectivity index (χ4n) is 2.60. The van der Waals surface area contributed by atoms with E-state index in [-0.39, 0.29) is 24.0 Å². The first kappa shape index (κ1) is 21.5. The van der Waals surface area contributed by atoms with Gasteiger partial charge in [0, 0.05) is 57.4 Å². The Morgan fingerprint density at radius 1 is 1.20 bits per heavy atom.